The summed E-state index contributed by atoms with van der Waals surface area (Å²) in [4.78, 5) is 24.3. The highest BCUT2D eigenvalue weighted by Crippen LogP contribution is 2.50. The topological polar surface area (TPSA) is 80.5 Å². The van der Waals surface area contributed by atoms with E-state index in [4.69, 9.17) is 14.2 Å². The van der Waals surface area contributed by atoms with Crippen LogP contribution in [-0.2, 0) is 23.8 Å². The lowest BCUT2D eigenvalue weighted by atomic mass is 9.82. The molecule has 4 aliphatic rings. The van der Waals surface area contributed by atoms with E-state index in [9.17, 15) is 9.59 Å². The molecule has 6 heteroatoms. The first kappa shape index (κ1) is 16.3. The molecule has 2 aliphatic heterocycles. The highest BCUT2D eigenvalue weighted by atomic mass is 16.6. The second kappa shape index (κ2) is 5.70. The molecule has 6 nitrogen and oxygen atoms in total. The van der Waals surface area contributed by atoms with Gasteiger partial charge in [-0.1, -0.05) is 0 Å². The van der Waals surface area contributed by atoms with E-state index in [0.29, 0.717) is 6.54 Å². The van der Waals surface area contributed by atoms with Crippen molar-refractivity contribution in [3.05, 3.63) is 0 Å². The fourth-order valence-corrected chi connectivity index (χ4v) is 4.33. The third-order valence-electron chi connectivity index (χ3n) is 6.40. The number of fused-ring (bicyclic) bond motifs is 2. The van der Waals surface area contributed by atoms with Crippen molar-refractivity contribution in [1.29, 1.82) is 0 Å². The molecule has 2 aliphatic carbocycles. The summed E-state index contributed by atoms with van der Waals surface area (Å²) in [6.45, 7) is 4.85. The Balaban J connectivity index is 1.12. The van der Waals surface area contributed by atoms with E-state index in [-0.39, 0.29) is 53.7 Å². The molecule has 1 amide bonds. The van der Waals surface area contributed by atoms with Crippen LogP contribution in [0.1, 0.15) is 52.4 Å². The minimum Gasteiger partial charge on any atom is -0.464 e. The summed E-state index contributed by atoms with van der Waals surface area (Å²) in [5, 5.41) is 2.89. The van der Waals surface area contributed by atoms with Gasteiger partial charge in [0.1, 0.15) is 6.61 Å². The van der Waals surface area contributed by atoms with E-state index in [1.165, 1.54) is 0 Å². The van der Waals surface area contributed by atoms with Crippen LogP contribution in [0.3, 0.4) is 0 Å². The molecule has 0 aromatic heterocycles. The summed E-state index contributed by atoms with van der Waals surface area (Å²) in [5.74, 6) is -0.112. The zero-order valence-corrected chi connectivity index (χ0v) is 14.5. The van der Waals surface area contributed by atoms with Crippen molar-refractivity contribution in [2.24, 2.45) is 11.8 Å². The summed E-state index contributed by atoms with van der Waals surface area (Å²) < 4.78 is 16.6. The van der Waals surface area contributed by atoms with Crippen LogP contribution < -0.4 is 5.32 Å². The Morgan fingerprint density at radius 2 is 1.62 bits per heavy atom. The molecule has 0 radical (unpaired) electrons. The third-order valence-corrected chi connectivity index (χ3v) is 6.40. The number of nitrogens with one attached hydrogen (secondary N) is 1. The molecule has 0 bridgehead atoms. The molecule has 24 heavy (non-hydrogen) atoms. The first-order chi connectivity index (χ1) is 11.4. The average Bonchev–Trinajstić information content (AvgIpc) is 3.42. The van der Waals surface area contributed by atoms with E-state index in [2.05, 4.69) is 19.2 Å². The van der Waals surface area contributed by atoms with Gasteiger partial charge in [0.2, 0.25) is 5.91 Å². The van der Waals surface area contributed by atoms with E-state index >= 15 is 0 Å². The van der Waals surface area contributed by atoms with Gasteiger partial charge < -0.3 is 19.5 Å². The minimum atomic E-state index is -0.151. The summed E-state index contributed by atoms with van der Waals surface area (Å²) in [7, 11) is 0. The Kier molecular flexibility index (Phi) is 3.88. The predicted octanol–water partition coefficient (Wildman–Crippen LogP) is 1.56. The molecule has 134 valence electrons. The number of ether oxygens (including phenoxy) is 3. The maximum atomic E-state index is 12.2. The fourth-order valence-electron chi connectivity index (χ4n) is 4.33. The molecular weight excluding hydrogens is 310 g/mol. The predicted molar refractivity (Wildman–Crippen MR) is 85.2 cm³/mol. The number of carbonyl (C=O) groups is 2. The number of amides is 1. The molecule has 2 heterocycles. The van der Waals surface area contributed by atoms with Crippen molar-refractivity contribution in [1.82, 2.24) is 5.32 Å². The molecule has 2 saturated carbocycles. The van der Waals surface area contributed by atoms with Crippen LogP contribution in [0.2, 0.25) is 0 Å². The molecule has 0 aromatic carbocycles. The third kappa shape index (κ3) is 3.06. The molecule has 6 unspecified atom stereocenters. The fraction of sp³-hybridized carbons (Fsp3) is 0.889. The average molecular weight is 337 g/mol. The summed E-state index contributed by atoms with van der Waals surface area (Å²) in [5.41, 5.74) is 0.0553. The number of hydrogen-bond acceptors (Lipinski definition) is 5. The van der Waals surface area contributed by atoms with Crippen LogP contribution >= 0.6 is 0 Å². The normalized spacial score (nSPS) is 45.6. The first-order valence-corrected chi connectivity index (χ1v) is 9.20. The SMILES string of the molecule is CC12CCC(C(=O)NCCOC(=O)C3CCC4(C)OC4C3)CC1O2. The molecule has 0 aromatic rings. The number of hydrogen-bond donors (Lipinski definition) is 1. The van der Waals surface area contributed by atoms with Crippen molar-refractivity contribution < 1.29 is 23.8 Å². The van der Waals surface area contributed by atoms with Crippen LogP contribution in [0.15, 0.2) is 0 Å². The minimum absolute atomic E-state index is 0.0199. The Labute approximate surface area is 142 Å². The van der Waals surface area contributed by atoms with Crippen molar-refractivity contribution in [2.45, 2.75) is 75.8 Å². The molecule has 6 atom stereocenters. The first-order valence-electron chi connectivity index (χ1n) is 9.20. The summed E-state index contributed by atoms with van der Waals surface area (Å²) in [6, 6.07) is 0. The lowest BCUT2D eigenvalue weighted by molar-refractivity contribution is -0.149. The molecule has 4 fully saturated rings. The summed E-state index contributed by atoms with van der Waals surface area (Å²) in [6.07, 6.45) is 5.65. The number of carbonyl (C=O) groups excluding carboxylic acids is 2. The van der Waals surface area contributed by atoms with Gasteiger partial charge in [-0.25, -0.2) is 0 Å². The monoisotopic (exact) mass is 337 g/mol. The van der Waals surface area contributed by atoms with Crippen molar-refractivity contribution in [3.63, 3.8) is 0 Å². The van der Waals surface area contributed by atoms with Gasteiger partial charge in [-0.05, 0) is 52.4 Å². The summed E-state index contributed by atoms with van der Waals surface area (Å²) >= 11 is 0. The van der Waals surface area contributed by atoms with E-state index in [0.717, 1.165) is 38.5 Å². The second-order valence-corrected chi connectivity index (χ2v) is 8.24. The van der Waals surface area contributed by atoms with Gasteiger partial charge in [-0.15, -0.1) is 0 Å². The zero-order valence-electron chi connectivity index (χ0n) is 14.5. The van der Waals surface area contributed by atoms with E-state index in [1.54, 1.807) is 0 Å². The molecule has 2 saturated heterocycles. The highest BCUT2D eigenvalue weighted by Gasteiger charge is 2.57. The maximum absolute atomic E-state index is 12.2. The van der Waals surface area contributed by atoms with Crippen LogP contribution in [0.5, 0.6) is 0 Å². The van der Waals surface area contributed by atoms with Gasteiger partial charge >= 0.3 is 5.97 Å². The Hall–Kier alpha value is -1.14. The molecular formula is C18H27NO5. The van der Waals surface area contributed by atoms with Gasteiger partial charge in [0, 0.05) is 5.92 Å². The van der Waals surface area contributed by atoms with Gasteiger partial charge in [0.15, 0.2) is 0 Å². The van der Waals surface area contributed by atoms with Crippen molar-refractivity contribution in [3.8, 4) is 0 Å². The Morgan fingerprint density at radius 3 is 2.25 bits per heavy atom. The lowest BCUT2D eigenvalue weighted by Gasteiger charge is -2.22. The molecule has 0 spiro atoms. The number of rotatable bonds is 5. The van der Waals surface area contributed by atoms with Crippen LogP contribution in [0.25, 0.3) is 0 Å². The molecule has 1 N–H and O–H groups in total. The van der Waals surface area contributed by atoms with E-state index in [1.807, 2.05) is 0 Å². The van der Waals surface area contributed by atoms with E-state index < -0.39 is 0 Å². The van der Waals surface area contributed by atoms with Gasteiger partial charge in [0.05, 0.1) is 35.9 Å². The number of esters is 1. The van der Waals surface area contributed by atoms with Crippen molar-refractivity contribution in [2.75, 3.05) is 13.2 Å². The van der Waals surface area contributed by atoms with Crippen LogP contribution in [-0.4, -0.2) is 48.4 Å². The quantitative estimate of drug-likeness (QED) is 0.468. The standard InChI is InChI=1S/C18H27NO5/c1-17-5-3-11(9-13(17)23-17)15(20)19-7-8-22-16(21)12-4-6-18(2)14(10-12)24-18/h11-14H,3-10H2,1-2H3,(H,19,20). The smallest absolute Gasteiger partial charge is 0.309 e. The lowest BCUT2D eigenvalue weighted by Crippen LogP contribution is -2.37. The zero-order chi connectivity index (χ0) is 16.9. The molecule has 4 rings (SSSR count). The Morgan fingerprint density at radius 1 is 1.04 bits per heavy atom. The van der Waals surface area contributed by atoms with Crippen LogP contribution in [0, 0.1) is 11.8 Å². The van der Waals surface area contributed by atoms with Crippen molar-refractivity contribution >= 4 is 11.9 Å². The van der Waals surface area contributed by atoms with Gasteiger partial charge in [-0.2, -0.15) is 0 Å². The number of epoxide rings is 2. The van der Waals surface area contributed by atoms with Crippen LogP contribution in [0.4, 0.5) is 0 Å². The maximum Gasteiger partial charge on any atom is 0.309 e. The van der Waals surface area contributed by atoms with Gasteiger partial charge in [-0.3, -0.25) is 9.59 Å². The Bertz CT molecular complexity index is 504. The second-order valence-electron chi connectivity index (χ2n) is 8.24. The van der Waals surface area contributed by atoms with Gasteiger partial charge in [0.25, 0.3) is 0 Å². The largest absolute Gasteiger partial charge is 0.464 e. The highest BCUT2D eigenvalue weighted by molar-refractivity contribution is 5.79.